The van der Waals surface area contributed by atoms with Crippen LogP contribution >= 0.6 is 0 Å². The van der Waals surface area contributed by atoms with E-state index in [1.165, 1.54) is 0 Å². The minimum atomic E-state index is -0.208. The average molecular weight is 403 g/mol. The molecule has 1 aromatic carbocycles. The summed E-state index contributed by atoms with van der Waals surface area (Å²) in [6, 6.07) is 5.56. The van der Waals surface area contributed by atoms with Crippen molar-refractivity contribution >= 4 is 22.7 Å². The van der Waals surface area contributed by atoms with Gasteiger partial charge in [-0.25, -0.2) is 15.0 Å². The van der Waals surface area contributed by atoms with Gasteiger partial charge in [0.15, 0.2) is 0 Å². The number of pyridine rings is 1. The summed E-state index contributed by atoms with van der Waals surface area (Å²) in [6.45, 7) is 3.18. The topological polar surface area (TPSA) is 115 Å². The molecule has 30 heavy (non-hydrogen) atoms. The number of hydrogen-bond donors (Lipinski definition) is 2. The number of imidazole rings is 1. The molecule has 1 aliphatic heterocycles. The fourth-order valence-electron chi connectivity index (χ4n) is 4.00. The van der Waals surface area contributed by atoms with Crippen molar-refractivity contribution in [3.63, 3.8) is 0 Å². The molecular formula is C21H21N7O2. The molecule has 0 atom stereocenters. The fourth-order valence-corrected chi connectivity index (χ4v) is 4.00. The van der Waals surface area contributed by atoms with E-state index in [2.05, 4.69) is 15.0 Å². The standard InChI is InChI=1S/C21H21N7O2/c1-12-23-6-8-28(12)17-10-14(30-2)9-16-18(17)20(29)26-21(25-16)27-7-4-15-13(11-27)3-5-24-19(15)22/h3,5-6,8-10H,4,7,11H2,1-2H3,(H2,22,24)(H,25,26,29). The lowest BCUT2D eigenvalue weighted by Gasteiger charge is -2.29. The quantitative estimate of drug-likeness (QED) is 0.537. The summed E-state index contributed by atoms with van der Waals surface area (Å²) in [4.78, 5) is 31.4. The van der Waals surface area contributed by atoms with E-state index in [0.29, 0.717) is 47.2 Å². The molecule has 0 saturated heterocycles. The number of aromatic amines is 1. The van der Waals surface area contributed by atoms with Crippen molar-refractivity contribution in [3.05, 3.63) is 64.1 Å². The highest BCUT2D eigenvalue weighted by Gasteiger charge is 2.22. The Bertz CT molecular complexity index is 1320. The molecule has 9 heteroatoms. The van der Waals surface area contributed by atoms with Crippen LogP contribution in [0.2, 0.25) is 0 Å². The number of rotatable bonds is 3. The molecule has 9 nitrogen and oxygen atoms in total. The van der Waals surface area contributed by atoms with Gasteiger partial charge in [0.2, 0.25) is 5.95 Å². The molecule has 3 aromatic heterocycles. The predicted octanol–water partition coefficient (Wildman–Crippen LogP) is 1.97. The van der Waals surface area contributed by atoms with Gasteiger partial charge in [-0.2, -0.15) is 0 Å². The lowest BCUT2D eigenvalue weighted by Crippen LogP contribution is -2.33. The SMILES string of the molecule is COc1cc(-n2ccnc2C)c2c(=O)[nH]c(N3CCc4c(ccnc4N)C3)nc2c1. The minimum absolute atomic E-state index is 0.208. The first-order chi connectivity index (χ1) is 14.5. The molecule has 0 aliphatic carbocycles. The highest BCUT2D eigenvalue weighted by Crippen LogP contribution is 2.28. The Balaban J connectivity index is 1.64. The van der Waals surface area contributed by atoms with Crippen molar-refractivity contribution in [2.45, 2.75) is 19.9 Å². The van der Waals surface area contributed by atoms with Crippen molar-refractivity contribution in [2.24, 2.45) is 0 Å². The van der Waals surface area contributed by atoms with Crippen LogP contribution in [0.3, 0.4) is 0 Å². The molecule has 0 amide bonds. The van der Waals surface area contributed by atoms with Crippen molar-refractivity contribution in [3.8, 4) is 11.4 Å². The normalized spacial score (nSPS) is 13.5. The van der Waals surface area contributed by atoms with Crippen LogP contribution in [-0.2, 0) is 13.0 Å². The first kappa shape index (κ1) is 18.2. The summed E-state index contributed by atoms with van der Waals surface area (Å²) < 4.78 is 7.32. The fraction of sp³-hybridized carbons (Fsp3) is 0.238. The van der Waals surface area contributed by atoms with Gasteiger partial charge in [-0.15, -0.1) is 0 Å². The Morgan fingerprint density at radius 2 is 2.10 bits per heavy atom. The van der Waals surface area contributed by atoms with Crippen LogP contribution in [0.5, 0.6) is 5.75 Å². The smallest absolute Gasteiger partial charge is 0.262 e. The highest BCUT2D eigenvalue weighted by molar-refractivity contribution is 5.89. The summed E-state index contributed by atoms with van der Waals surface area (Å²) in [6.07, 6.45) is 5.96. The zero-order chi connectivity index (χ0) is 20.8. The van der Waals surface area contributed by atoms with Crippen LogP contribution in [0, 0.1) is 6.92 Å². The van der Waals surface area contributed by atoms with E-state index in [1.54, 1.807) is 25.6 Å². The lowest BCUT2D eigenvalue weighted by molar-refractivity contribution is 0.415. The van der Waals surface area contributed by atoms with Crippen molar-refractivity contribution in [1.29, 1.82) is 0 Å². The Morgan fingerprint density at radius 1 is 1.23 bits per heavy atom. The molecule has 0 fully saturated rings. The van der Waals surface area contributed by atoms with Gasteiger partial charge in [0.1, 0.15) is 17.4 Å². The summed E-state index contributed by atoms with van der Waals surface area (Å²) in [5.74, 6) is 2.48. The Morgan fingerprint density at radius 3 is 2.87 bits per heavy atom. The molecular weight excluding hydrogens is 382 g/mol. The van der Waals surface area contributed by atoms with Gasteiger partial charge >= 0.3 is 0 Å². The van der Waals surface area contributed by atoms with Crippen LogP contribution in [0.25, 0.3) is 16.6 Å². The number of nitrogens with one attached hydrogen (secondary N) is 1. The Hall–Kier alpha value is -3.88. The number of ether oxygens (including phenoxy) is 1. The van der Waals surface area contributed by atoms with E-state index >= 15 is 0 Å². The third-order valence-corrected chi connectivity index (χ3v) is 5.55. The number of nitrogen functional groups attached to an aromatic ring is 1. The van der Waals surface area contributed by atoms with E-state index in [1.807, 2.05) is 34.7 Å². The number of benzene rings is 1. The van der Waals surface area contributed by atoms with Gasteiger partial charge in [-0.3, -0.25) is 9.78 Å². The first-order valence-electron chi connectivity index (χ1n) is 9.64. The molecule has 0 spiro atoms. The van der Waals surface area contributed by atoms with Crippen LogP contribution in [0.4, 0.5) is 11.8 Å². The molecule has 1 aliphatic rings. The molecule has 0 radical (unpaired) electrons. The van der Waals surface area contributed by atoms with Crippen LogP contribution in [-0.4, -0.2) is 38.2 Å². The summed E-state index contributed by atoms with van der Waals surface area (Å²) in [7, 11) is 1.60. The van der Waals surface area contributed by atoms with Crippen molar-refractivity contribution in [1.82, 2.24) is 24.5 Å². The van der Waals surface area contributed by atoms with Crippen LogP contribution < -0.4 is 20.9 Å². The van der Waals surface area contributed by atoms with E-state index in [4.69, 9.17) is 15.5 Å². The maximum Gasteiger partial charge on any atom is 0.262 e. The highest BCUT2D eigenvalue weighted by atomic mass is 16.5. The number of H-pyrrole nitrogens is 1. The second kappa shape index (κ2) is 6.87. The molecule has 152 valence electrons. The number of aryl methyl sites for hydroxylation is 1. The molecule has 0 saturated carbocycles. The van der Waals surface area contributed by atoms with E-state index < -0.39 is 0 Å². The predicted molar refractivity (Wildman–Crippen MR) is 114 cm³/mol. The summed E-state index contributed by atoms with van der Waals surface area (Å²) >= 11 is 0. The summed E-state index contributed by atoms with van der Waals surface area (Å²) in [5.41, 5.74) is 9.21. The van der Waals surface area contributed by atoms with Crippen molar-refractivity contribution < 1.29 is 4.74 Å². The monoisotopic (exact) mass is 403 g/mol. The third-order valence-electron chi connectivity index (χ3n) is 5.55. The summed E-state index contributed by atoms with van der Waals surface area (Å²) in [5, 5.41) is 0.492. The van der Waals surface area contributed by atoms with E-state index in [9.17, 15) is 4.79 Å². The van der Waals surface area contributed by atoms with E-state index in [-0.39, 0.29) is 5.56 Å². The second-order valence-corrected chi connectivity index (χ2v) is 7.28. The second-order valence-electron chi connectivity index (χ2n) is 7.28. The number of methoxy groups -OCH3 is 1. The number of hydrogen-bond acceptors (Lipinski definition) is 7. The number of anilines is 2. The molecule has 5 rings (SSSR count). The zero-order valence-electron chi connectivity index (χ0n) is 16.7. The number of aromatic nitrogens is 5. The maximum absolute atomic E-state index is 13.1. The molecule has 3 N–H and O–H groups in total. The molecule has 4 heterocycles. The van der Waals surface area contributed by atoms with Crippen LogP contribution in [0.1, 0.15) is 17.0 Å². The van der Waals surface area contributed by atoms with Crippen molar-refractivity contribution in [2.75, 3.05) is 24.3 Å². The largest absolute Gasteiger partial charge is 0.497 e. The van der Waals surface area contributed by atoms with Gasteiger partial charge in [-0.1, -0.05) is 0 Å². The van der Waals surface area contributed by atoms with E-state index in [0.717, 1.165) is 23.4 Å². The molecule has 0 bridgehead atoms. The maximum atomic E-state index is 13.1. The van der Waals surface area contributed by atoms with Gasteiger partial charge in [0.25, 0.3) is 5.56 Å². The van der Waals surface area contributed by atoms with Gasteiger partial charge in [-0.05, 0) is 25.0 Å². The number of nitrogens with two attached hydrogens (primary N) is 1. The van der Waals surface area contributed by atoms with Gasteiger partial charge < -0.3 is 19.9 Å². The lowest BCUT2D eigenvalue weighted by atomic mass is 10.0. The third kappa shape index (κ3) is 2.86. The molecule has 4 aromatic rings. The zero-order valence-corrected chi connectivity index (χ0v) is 16.7. The van der Waals surface area contributed by atoms with Crippen LogP contribution in [0.15, 0.2) is 41.6 Å². The van der Waals surface area contributed by atoms with Gasteiger partial charge in [0.05, 0.1) is 23.7 Å². The number of nitrogens with zero attached hydrogens (tertiary/aromatic N) is 5. The average Bonchev–Trinajstić information content (AvgIpc) is 3.18. The molecule has 0 unspecified atom stereocenters. The minimum Gasteiger partial charge on any atom is -0.497 e. The first-order valence-corrected chi connectivity index (χ1v) is 9.64. The Kier molecular flexibility index (Phi) is 4.16. The van der Waals surface area contributed by atoms with Gasteiger partial charge in [0, 0.05) is 49.4 Å². The Labute approximate surface area is 172 Å². The number of fused-ring (bicyclic) bond motifs is 2.